The van der Waals surface area contributed by atoms with Crippen LogP contribution in [0.25, 0.3) is 0 Å². The van der Waals surface area contributed by atoms with E-state index in [-0.39, 0.29) is 0 Å². The summed E-state index contributed by atoms with van der Waals surface area (Å²) >= 11 is 0. The molecule has 0 aromatic rings. The van der Waals surface area contributed by atoms with E-state index in [1.807, 2.05) is 11.9 Å². The van der Waals surface area contributed by atoms with E-state index in [1.165, 1.54) is 32.1 Å². The highest BCUT2D eigenvalue weighted by molar-refractivity contribution is 6.15. The summed E-state index contributed by atoms with van der Waals surface area (Å²) in [5, 5.41) is 0.530. The predicted molar refractivity (Wildman–Crippen MR) is 71.6 cm³/mol. The molecule has 2 saturated carbocycles. The lowest BCUT2D eigenvalue weighted by atomic mass is 9.60. The summed E-state index contributed by atoms with van der Waals surface area (Å²) in [5.74, 6) is 3.24. The van der Waals surface area contributed by atoms with Crippen LogP contribution >= 0.6 is 0 Å². The molecule has 1 amide bonds. The van der Waals surface area contributed by atoms with Gasteiger partial charge in [-0.1, -0.05) is 18.7 Å². The van der Waals surface area contributed by atoms with Gasteiger partial charge in [-0.3, -0.25) is 4.79 Å². The molecule has 94 valence electrons. The van der Waals surface area contributed by atoms with Crippen molar-refractivity contribution in [1.82, 2.24) is 4.90 Å². The Kier molecular flexibility index (Phi) is 2.57. The minimum atomic E-state index is 0.361. The van der Waals surface area contributed by atoms with Crippen LogP contribution < -0.4 is 0 Å². The van der Waals surface area contributed by atoms with Gasteiger partial charge in [0.05, 0.1) is 0 Å². The van der Waals surface area contributed by atoms with Gasteiger partial charge in [0, 0.05) is 19.5 Å². The standard InChI is InChI=1S/C14H24BNO/c1-14(15)5-3-9-4-6-16(2)13(17)11(9)7-10-8-12(10)14/h9-12H,3-8,15H2,1-2H3. The van der Waals surface area contributed by atoms with Crippen LogP contribution in [0, 0.1) is 23.7 Å². The first-order valence-corrected chi connectivity index (χ1v) is 7.24. The van der Waals surface area contributed by atoms with Crippen LogP contribution in [0.1, 0.15) is 39.0 Å². The first kappa shape index (κ1) is 11.6. The zero-order valence-corrected chi connectivity index (χ0v) is 11.4. The van der Waals surface area contributed by atoms with E-state index in [2.05, 4.69) is 14.8 Å². The van der Waals surface area contributed by atoms with E-state index >= 15 is 0 Å². The van der Waals surface area contributed by atoms with Crippen molar-refractivity contribution in [1.29, 1.82) is 0 Å². The van der Waals surface area contributed by atoms with Gasteiger partial charge in [-0.05, 0) is 43.4 Å². The average Bonchev–Trinajstić information content (AvgIpc) is 3.02. The van der Waals surface area contributed by atoms with E-state index in [9.17, 15) is 4.79 Å². The molecule has 1 saturated heterocycles. The number of fused-ring (bicyclic) bond motifs is 2. The molecule has 3 aliphatic rings. The second kappa shape index (κ2) is 3.76. The van der Waals surface area contributed by atoms with E-state index in [0.29, 0.717) is 23.1 Å². The van der Waals surface area contributed by atoms with Gasteiger partial charge in [0.1, 0.15) is 7.85 Å². The topological polar surface area (TPSA) is 20.3 Å². The van der Waals surface area contributed by atoms with Crippen LogP contribution in [0.4, 0.5) is 0 Å². The van der Waals surface area contributed by atoms with Crippen molar-refractivity contribution >= 4 is 13.8 Å². The first-order chi connectivity index (χ1) is 7.99. The number of amides is 1. The summed E-state index contributed by atoms with van der Waals surface area (Å²) in [6.45, 7) is 3.42. The molecule has 0 N–H and O–H groups in total. The Bertz CT molecular complexity index is 341. The quantitative estimate of drug-likeness (QED) is 0.583. The Hall–Kier alpha value is -0.465. The van der Waals surface area contributed by atoms with Crippen LogP contribution in [-0.2, 0) is 4.79 Å². The van der Waals surface area contributed by atoms with E-state index < -0.39 is 0 Å². The maximum Gasteiger partial charge on any atom is 0.225 e. The molecule has 2 nitrogen and oxygen atoms in total. The first-order valence-electron chi connectivity index (χ1n) is 7.24. The predicted octanol–water partition coefficient (Wildman–Crippen LogP) is 1.71. The van der Waals surface area contributed by atoms with Gasteiger partial charge >= 0.3 is 0 Å². The summed E-state index contributed by atoms with van der Waals surface area (Å²) < 4.78 is 0. The summed E-state index contributed by atoms with van der Waals surface area (Å²) in [5.41, 5.74) is 0. The third kappa shape index (κ3) is 1.92. The Balaban J connectivity index is 1.78. The maximum atomic E-state index is 12.3. The van der Waals surface area contributed by atoms with Crippen molar-refractivity contribution in [3.63, 3.8) is 0 Å². The highest BCUT2D eigenvalue weighted by Gasteiger charge is 2.51. The number of nitrogens with zero attached hydrogens (tertiary/aromatic N) is 1. The van der Waals surface area contributed by atoms with Gasteiger partial charge < -0.3 is 4.90 Å². The zero-order valence-electron chi connectivity index (χ0n) is 11.4. The van der Waals surface area contributed by atoms with Crippen LogP contribution in [-0.4, -0.2) is 32.2 Å². The molecule has 17 heavy (non-hydrogen) atoms. The van der Waals surface area contributed by atoms with E-state index in [4.69, 9.17) is 0 Å². The fraction of sp³-hybridized carbons (Fsp3) is 0.929. The molecular formula is C14H24BNO. The minimum Gasteiger partial charge on any atom is -0.346 e. The fourth-order valence-electron chi connectivity index (χ4n) is 4.33. The van der Waals surface area contributed by atoms with E-state index in [0.717, 1.165) is 18.4 Å². The number of likely N-dealkylation sites (tertiary alicyclic amines) is 1. The lowest BCUT2D eigenvalue weighted by Crippen LogP contribution is -2.44. The molecule has 0 bridgehead atoms. The molecule has 1 heterocycles. The molecule has 0 radical (unpaired) electrons. The highest BCUT2D eigenvalue weighted by atomic mass is 16.2. The summed E-state index contributed by atoms with van der Waals surface area (Å²) in [6.07, 6.45) is 6.41. The largest absolute Gasteiger partial charge is 0.346 e. The molecule has 3 heteroatoms. The van der Waals surface area contributed by atoms with Crippen molar-refractivity contribution in [3.8, 4) is 0 Å². The Morgan fingerprint density at radius 2 is 2.06 bits per heavy atom. The monoisotopic (exact) mass is 233 g/mol. The van der Waals surface area contributed by atoms with Crippen LogP contribution in [0.15, 0.2) is 0 Å². The Morgan fingerprint density at radius 3 is 2.82 bits per heavy atom. The van der Waals surface area contributed by atoms with Crippen LogP contribution in [0.2, 0.25) is 5.31 Å². The molecule has 3 rings (SSSR count). The number of hydrogen-bond donors (Lipinski definition) is 0. The smallest absolute Gasteiger partial charge is 0.225 e. The molecule has 5 unspecified atom stereocenters. The Morgan fingerprint density at radius 1 is 1.29 bits per heavy atom. The molecular weight excluding hydrogens is 209 g/mol. The normalized spacial score (nSPS) is 50.0. The fourth-order valence-corrected chi connectivity index (χ4v) is 4.33. The number of hydrogen-bond acceptors (Lipinski definition) is 1. The molecule has 0 aromatic heterocycles. The van der Waals surface area contributed by atoms with Gasteiger partial charge in [0.2, 0.25) is 5.91 Å². The van der Waals surface area contributed by atoms with Gasteiger partial charge in [-0.25, -0.2) is 0 Å². The molecule has 0 spiro atoms. The van der Waals surface area contributed by atoms with Crippen molar-refractivity contribution in [2.75, 3.05) is 13.6 Å². The lowest BCUT2D eigenvalue weighted by Gasteiger charge is -2.40. The molecule has 2 aliphatic carbocycles. The van der Waals surface area contributed by atoms with Gasteiger partial charge in [0.25, 0.3) is 0 Å². The number of carbonyl (C=O) groups excluding carboxylic acids is 1. The third-order valence-electron chi connectivity index (χ3n) is 5.74. The highest BCUT2D eigenvalue weighted by Crippen LogP contribution is 2.61. The molecule has 1 aliphatic heterocycles. The summed E-state index contributed by atoms with van der Waals surface area (Å²) in [7, 11) is 4.42. The second-order valence-corrected chi connectivity index (χ2v) is 7.28. The van der Waals surface area contributed by atoms with Crippen molar-refractivity contribution in [3.05, 3.63) is 0 Å². The van der Waals surface area contributed by atoms with E-state index in [1.54, 1.807) is 0 Å². The third-order valence-corrected chi connectivity index (χ3v) is 5.74. The molecule has 0 aromatic carbocycles. The number of carbonyl (C=O) groups is 1. The minimum absolute atomic E-state index is 0.361. The van der Waals surface area contributed by atoms with Crippen molar-refractivity contribution < 1.29 is 4.79 Å². The maximum absolute atomic E-state index is 12.3. The van der Waals surface area contributed by atoms with Crippen LogP contribution in [0.5, 0.6) is 0 Å². The summed E-state index contributed by atoms with van der Waals surface area (Å²) in [6, 6.07) is 0. The Labute approximate surface area is 106 Å². The average molecular weight is 233 g/mol. The zero-order chi connectivity index (χ0) is 12.2. The number of piperidine rings is 1. The van der Waals surface area contributed by atoms with Gasteiger partial charge in [-0.15, -0.1) is 0 Å². The summed E-state index contributed by atoms with van der Waals surface area (Å²) in [4.78, 5) is 14.2. The van der Waals surface area contributed by atoms with Gasteiger partial charge in [0.15, 0.2) is 0 Å². The second-order valence-electron chi connectivity index (χ2n) is 7.28. The van der Waals surface area contributed by atoms with Crippen molar-refractivity contribution in [2.24, 2.45) is 23.7 Å². The SMILES string of the molecule is BC1(C)CCC2CCN(C)C(=O)C2CC2CC21. The lowest BCUT2D eigenvalue weighted by molar-refractivity contribution is -0.140. The van der Waals surface area contributed by atoms with Gasteiger partial charge in [-0.2, -0.15) is 0 Å². The molecule has 3 fully saturated rings. The molecule has 5 atom stereocenters. The number of rotatable bonds is 0. The van der Waals surface area contributed by atoms with Crippen molar-refractivity contribution in [2.45, 2.75) is 44.3 Å². The van der Waals surface area contributed by atoms with Crippen LogP contribution in [0.3, 0.4) is 0 Å².